The molecule has 0 unspecified atom stereocenters. The zero-order chi connectivity index (χ0) is 14.1. The van der Waals surface area contributed by atoms with Crippen molar-refractivity contribution in [1.29, 1.82) is 0 Å². The van der Waals surface area contributed by atoms with Gasteiger partial charge in [0.1, 0.15) is 0 Å². The summed E-state index contributed by atoms with van der Waals surface area (Å²) in [7, 11) is 4.33. The summed E-state index contributed by atoms with van der Waals surface area (Å²) >= 11 is 5.32. The second-order valence-corrected chi connectivity index (χ2v) is 7.20. The Labute approximate surface area is 132 Å². The summed E-state index contributed by atoms with van der Waals surface area (Å²) in [6.45, 7) is 3.46. The van der Waals surface area contributed by atoms with Crippen molar-refractivity contribution >= 4 is 38.0 Å². The van der Waals surface area contributed by atoms with Crippen molar-refractivity contribution in [2.45, 2.75) is 18.2 Å². The Balaban J connectivity index is 1.74. The summed E-state index contributed by atoms with van der Waals surface area (Å²) < 4.78 is 2.21. The van der Waals surface area contributed by atoms with Gasteiger partial charge in [-0.05, 0) is 32.9 Å². The molecule has 1 aliphatic heterocycles. The van der Waals surface area contributed by atoms with Gasteiger partial charge in [0.05, 0.1) is 5.69 Å². The standard InChI is InChI=1S/C14H21BrN4S/c1-17(2)10-11-3-5-18(6-4-11)13-12(9-15)19-7-8-20-14(19)16-13/h7-8,11H,3-6,9-10H2,1-2H3. The van der Waals surface area contributed by atoms with E-state index < -0.39 is 0 Å². The predicted octanol–water partition coefficient (Wildman–Crippen LogP) is 3.07. The lowest BCUT2D eigenvalue weighted by atomic mass is 9.96. The molecule has 0 bridgehead atoms. The van der Waals surface area contributed by atoms with Gasteiger partial charge in [-0.15, -0.1) is 11.3 Å². The molecule has 1 saturated heterocycles. The van der Waals surface area contributed by atoms with Crippen LogP contribution < -0.4 is 4.90 Å². The fourth-order valence-corrected chi connectivity index (χ4v) is 4.29. The van der Waals surface area contributed by atoms with Gasteiger partial charge in [0, 0.05) is 36.5 Å². The Bertz CT molecular complexity index is 569. The highest BCUT2D eigenvalue weighted by Crippen LogP contribution is 2.29. The lowest BCUT2D eigenvalue weighted by Crippen LogP contribution is -2.37. The maximum Gasteiger partial charge on any atom is 0.195 e. The van der Waals surface area contributed by atoms with Crippen LogP contribution in [0.5, 0.6) is 0 Å². The van der Waals surface area contributed by atoms with Crippen molar-refractivity contribution < 1.29 is 0 Å². The summed E-state index contributed by atoms with van der Waals surface area (Å²) in [6, 6.07) is 0. The molecule has 1 aliphatic rings. The number of rotatable bonds is 4. The molecule has 0 saturated carbocycles. The molecule has 20 heavy (non-hydrogen) atoms. The molecule has 110 valence electrons. The summed E-state index contributed by atoms with van der Waals surface area (Å²) in [5.41, 5.74) is 1.28. The number of fused-ring (bicyclic) bond motifs is 1. The molecule has 2 aromatic rings. The highest BCUT2D eigenvalue weighted by Gasteiger charge is 2.24. The summed E-state index contributed by atoms with van der Waals surface area (Å²) in [5, 5.41) is 2.96. The van der Waals surface area contributed by atoms with Crippen LogP contribution in [-0.4, -0.2) is 48.0 Å². The van der Waals surface area contributed by atoms with Crippen LogP contribution in [0.3, 0.4) is 0 Å². The van der Waals surface area contributed by atoms with E-state index in [1.54, 1.807) is 11.3 Å². The fraction of sp³-hybridized carbons (Fsp3) is 0.643. The van der Waals surface area contributed by atoms with E-state index in [9.17, 15) is 0 Å². The van der Waals surface area contributed by atoms with Crippen molar-refractivity contribution in [3.63, 3.8) is 0 Å². The monoisotopic (exact) mass is 356 g/mol. The number of anilines is 1. The Morgan fingerprint density at radius 1 is 1.40 bits per heavy atom. The van der Waals surface area contributed by atoms with Crippen LogP contribution in [-0.2, 0) is 5.33 Å². The van der Waals surface area contributed by atoms with E-state index in [1.165, 1.54) is 30.9 Å². The first-order chi connectivity index (χ1) is 9.69. The second kappa shape index (κ2) is 6.03. The SMILES string of the molecule is CN(C)CC1CCN(c2nc3sccn3c2CBr)CC1. The van der Waals surface area contributed by atoms with Crippen molar-refractivity contribution in [3.8, 4) is 0 Å². The molecule has 3 rings (SSSR count). The van der Waals surface area contributed by atoms with E-state index in [2.05, 4.69) is 55.8 Å². The van der Waals surface area contributed by atoms with Crippen LogP contribution in [0, 0.1) is 5.92 Å². The molecule has 6 heteroatoms. The first-order valence-electron chi connectivity index (χ1n) is 7.09. The van der Waals surface area contributed by atoms with E-state index in [0.717, 1.165) is 29.3 Å². The van der Waals surface area contributed by atoms with Crippen LogP contribution in [0.1, 0.15) is 18.5 Å². The third-order valence-electron chi connectivity index (χ3n) is 4.00. The first-order valence-corrected chi connectivity index (χ1v) is 9.09. The van der Waals surface area contributed by atoms with Crippen molar-refractivity contribution in [1.82, 2.24) is 14.3 Å². The molecule has 0 aromatic carbocycles. The normalized spacial score (nSPS) is 17.5. The van der Waals surface area contributed by atoms with E-state index >= 15 is 0 Å². The van der Waals surface area contributed by atoms with Crippen molar-refractivity contribution in [3.05, 3.63) is 17.3 Å². The Hall–Kier alpha value is -0.590. The summed E-state index contributed by atoms with van der Waals surface area (Å²) in [4.78, 5) is 10.7. The average molecular weight is 357 g/mol. The number of thiazole rings is 1. The summed E-state index contributed by atoms with van der Waals surface area (Å²) in [6.07, 6.45) is 4.65. The average Bonchev–Trinajstić information content (AvgIpc) is 2.98. The zero-order valence-corrected chi connectivity index (χ0v) is 14.5. The maximum absolute atomic E-state index is 4.82. The van der Waals surface area contributed by atoms with E-state index in [-0.39, 0.29) is 0 Å². The maximum atomic E-state index is 4.82. The molecule has 3 heterocycles. The number of nitrogens with zero attached hydrogens (tertiary/aromatic N) is 4. The third kappa shape index (κ3) is 2.73. The molecule has 1 fully saturated rings. The van der Waals surface area contributed by atoms with Gasteiger partial charge in [-0.25, -0.2) is 4.98 Å². The quantitative estimate of drug-likeness (QED) is 0.786. The molecular weight excluding hydrogens is 336 g/mol. The number of alkyl halides is 1. The highest BCUT2D eigenvalue weighted by molar-refractivity contribution is 9.08. The highest BCUT2D eigenvalue weighted by atomic mass is 79.9. The number of hydrogen-bond acceptors (Lipinski definition) is 4. The number of imidazole rings is 1. The lowest BCUT2D eigenvalue weighted by Gasteiger charge is -2.33. The van der Waals surface area contributed by atoms with Gasteiger partial charge in [0.25, 0.3) is 0 Å². The van der Waals surface area contributed by atoms with E-state index in [0.29, 0.717) is 0 Å². The summed E-state index contributed by atoms with van der Waals surface area (Å²) in [5.74, 6) is 2.01. The van der Waals surface area contributed by atoms with Crippen LogP contribution >= 0.6 is 27.3 Å². The largest absolute Gasteiger partial charge is 0.355 e. The zero-order valence-electron chi connectivity index (χ0n) is 12.0. The van der Waals surface area contributed by atoms with Gasteiger partial charge in [-0.3, -0.25) is 4.40 Å². The molecule has 0 atom stereocenters. The number of halogens is 1. The van der Waals surface area contributed by atoms with Crippen LogP contribution in [0.15, 0.2) is 11.6 Å². The molecule has 0 amide bonds. The van der Waals surface area contributed by atoms with Crippen molar-refractivity contribution in [2.24, 2.45) is 5.92 Å². The van der Waals surface area contributed by atoms with E-state index in [4.69, 9.17) is 4.98 Å². The predicted molar refractivity (Wildman–Crippen MR) is 89.2 cm³/mol. The minimum atomic E-state index is 0.831. The third-order valence-corrected chi connectivity index (χ3v) is 5.29. The van der Waals surface area contributed by atoms with Gasteiger partial charge in [0.2, 0.25) is 0 Å². The molecule has 0 aliphatic carbocycles. The molecule has 0 N–H and O–H groups in total. The molecule has 0 spiro atoms. The molecular formula is C14H21BrN4S. The molecule has 0 radical (unpaired) electrons. The van der Waals surface area contributed by atoms with Crippen LogP contribution in [0.25, 0.3) is 4.96 Å². The molecule has 2 aromatic heterocycles. The van der Waals surface area contributed by atoms with Gasteiger partial charge in [-0.1, -0.05) is 15.9 Å². The Morgan fingerprint density at radius 3 is 2.80 bits per heavy atom. The smallest absolute Gasteiger partial charge is 0.195 e. The number of aromatic nitrogens is 2. The Kier molecular flexibility index (Phi) is 4.33. The fourth-order valence-electron chi connectivity index (χ4n) is 3.04. The van der Waals surface area contributed by atoms with Crippen LogP contribution in [0.2, 0.25) is 0 Å². The minimum Gasteiger partial charge on any atom is -0.355 e. The topological polar surface area (TPSA) is 23.8 Å². The van der Waals surface area contributed by atoms with Crippen molar-refractivity contribution in [2.75, 3.05) is 38.6 Å². The number of piperidine rings is 1. The van der Waals surface area contributed by atoms with Gasteiger partial charge in [0.15, 0.2) is 10.8 Å². The lowest BCUT2D eigenvalue weighted by molar-refractivity contribution is 0.284. The van der Waals surface area contributed by atoms with Crippen LogP contribution in [0.4, 0.5) is 5.82 Å². The number of hydrogen-bond donors (Lipinski definition) is 0. The van der Waals surface area contributed by atoms with E-state index in [1.807, 2.05) is 0 Å². The van der Waals surface area contributed by atoms with Gasteiger partial charge < -0.3 is 9.80 Å². The second-order valence-electron chi connectivity index (χ2n) is 5.76. The van der Waals surface area contributed by atoms with Gasteiger partial charge >= 0.3 is 0 Å². The molecule has 4 nitrogen and oxygen atoms in total. The van der Waals surface area contributed by atoms with Gasteiger partial charge in [-0.2, -0.15) is 0 Å². The Morgan fingerprint density at radius 2 is 2.15 bits per heavy atom. The minimum absolute atomic E-state index is 0.831. The first kappa shape index (κ1) is 14.4.